The maximum absolute atomic E-state index is 13.4. The Morgan fingerprint density at radius 3 is 2.38 bits per heavy atom. The molecule has 1 N–H and O–H groups in total. The summed E-state index contributed by atoms with van der Waals surface area (Å²) in [5.41, 5.74) is 2.15. The third-order valence-electron chi connectivity index (χ3n) is 6.08. The van der Waals surface area contributed by atoms with Gasteiger partial charge in [0.1, 0.15) is 9.96 Å². The SMILES string of the molecule is Cc1ccc2c(=O)n(-c3ccc(CC(=O)CS(=O)(=O)c4ccc(Cl)s4)cc3)cc(C(=O)NCCN(C)C)c2c1. The van der Waals surface area contributed by atoms with Gasteiger partial charge in [0.25, 0.3) is 11.5 Å². The lowest BCUT2D eigenvalue weighted by Gasteiger charge is -2.15. The Kier molecular flexibility index (Phi) is 8.70. The van der Waals surface area contributed by atoms with Crippen LogP contribution < -0.4 is 10.9 Å². The largest absolute Gasteiger partial charge is 0.351 e. The number of carbonyl (C=O) groups is 2. The average Bonchev–Trinajstić information content (AvgIpc) is 3.31. The minimum atomic E-state index is -3.77. The lowest BCUT2D eigenvalue weighted by molar-refractivity contribution is -0.116. The van der Waals surface area contributed by atoms with Gasteiger partial charge in [-0.3, -0.25) is 19.0 Å². The lowest BCUT2D eigenvalue weighted by atomic mass is 10.0. The van der Waals surface area contributed by atoms with Crippen molar-refractivity contribution in [2.75, 3.05) is 32.9 Å². The molecule has 2 aromatic carbocycles. The van der Waals surface area contributed by atoms with E-state index in [0.717, 1.165) is 16.9 Å². The summed E-state index contributed by atoms with van der Waals surface area (Å²) in [6.45, 7) is 3.03. The molecule has 0 radical (unpaired) electrons. The van der Waals surface area contributed by atoms with Crippen molar-refractivity contribution in [3.05, 3.63) is 92.2 Å². The second-order valence-corrected chi connectivity index (χ2v) is 13.5. The third-order valence-corrected chi connectivity index (χ3v) is 9.57. The maximum Gasteiger partial charge on any atom is 0.262 e. The Hall–Kier alpha value is -3.31. The number of sulfone groups is 1. The smallest absolute Gasteiger partial charge is 0.262 e. The number of hydrogen-bond donors (Lipinski definition) is 1. The van der Waals surface area contributed by atoms with Crippen molar-refractivity contribution in [3.63, 3.8) is 0 Å². The lowest BCUT2D eigenvalue weighted by Crippen LogP contribution is -2.32. The van der Waals surface area contributed by atoms with Crippen molar-refractivity contribution >= 4 is 55.2 Å². The highest BCUT2D eigenvalue weighted by atomic mass is 35.5. The number of amides is 1. The van der Waals surface area contributed by atoms with E-state index >= 15 is 0 Å². The number of fused-ring (bicyclic) bond motifs is 1. The number of aromatic nitrogens is 1. The molecular formula is C28H28ClN3O5S2. The van der Waals surface area contributed by atoms with E-state index in [0.29, 0.717) is 45.0 Å². The molecule has 0 atom stereocenters. The van der Waals surface area contributed by atoms with Crippen LogP contribution in [-0.4, -0.2) is 62.5 Å². The number of ketones is 1. The molecule has 0 fully saturated rings. The Morgan fingerprint density at radius 1 is 1.03 bits per heavy atom. The molecule has 0 spiro atoms. The van der Waals surface area contributed by atoms with Gasteiger partial charge in [-0.15, -0.1) is 11.3 Å². The number of nitrogens with one attached hydrogen (secondary N) is 1. The predicted octanol–water partition coefficient (Wildman–Crippen LogP) is 3.89. The summed E-state index contributed by atoms with van der Waals surface area (Å²) in [4.78, 5) is 41.0. The molecule has 0 aliphatic heterocycles. The third kappa shape index (κ3) is 6.83. The second kappa shape index (κ2) is 11.8. The van der Waals surface area contributed by atoms with Crippen LogP contribution >= 0.6 is 22.9 Å². The van der Waals surface area contributed by atoms with Crippen molar-refractivity contribution in [3.8, 4) is 5.69 Å². The van der Waals surface area contributed by atoms with Gasteiger partial charge in [-0.05, 0) is 56.9 Å². The number of hydrogen-bond acceptors (Lipinski definition) is 7. The molecule has 0 saturated heterocycles. The highest BCUT2D eigenvalue weighted by Crippen LogP contribution is 2.26. The van der Waals surface area contributed by atoms with E-state index in [1.165, 1.54) is 22.9 Å². The fourth-order valence-electron chi connectivity index (χ4n) is 4.12. The average molecular weight is 586 g/mol. The topological polar surface area (TPSA) is 106 Å². The van der Waals surface area contributed by atoms with Crippen LogP contribution in [0.25, 0.3) is 16.5 Å². The summed E-state index contributed by atoms with van der Waals surface area (Å²) in [6.07, 6.45) is 1.46. The molecule has 0 aliphatic carbocycles. The first-order valence-electron chi connectivity index (χ1n) is 12.1. The molecule has 4 aromatic rings. The van der Waals surface area contributed by atoms with E-state index in [4.69, 9.17) is 11.6 Å². The fourth-order valence-corrected chi connectivity index (χ4v) is 6.93. The van der Waals surface area contributed by atoms with Gasteiger partial charge >= 0.3 is 0 Å². The normalized spacial score (nSPS) is 11.7. The molecule has 2 aromatic heterocycles. The summed E-state index contributed by atoms with van der Waals surface area (Å²) in [7, 11) is 0.0699. The van der Waals surface area contributed by atoms with Crippen LogP contribution in [0.3, 0.4) is 0 Å². The number of pyridine rings is 1. The number of rotatable bonds is 10. The number of nitrogens with zero attached hydrogens (tertiary/aromatic N) is 2. The summed E-state index contributed by atoms with van der Waals surface area (Å²) < 4.78 is 26.8. The van der Waals surface area contributed by atoms with Crippen LogP contribution in [0.15, 0.2) is 69.8 Å². The van der Waals surface area contributed by atoms with Crippen LogP contribution in [0.5, 0.6) is 0 Å². The maximum atomic E-state index is 13.4. The second-order valence-electron chi connectivity index (χ2n) is 9.53. The Morgan fingerprint density at radius 2 is 1.74 bits per heavy atom. The molecule has 0 bridgehead atoms. The van der Waals surface area contributed by atoms with Gasteiger partial charge in [0.05, 0.1) is 9.90 Å². The molecule has 2 heterocycles. The monoisotopic (exact) mass is 585 g/mol. The zero-order chi connectivity index (χ0) is 28.3. The van der Waals surface area contributed by atoms with E-state index in [1.807, 2.05) is 38.1 Å². The van der Waals surface area contributed by atoms with Gasteiger partial charge in [-0.25, -0.2) is 8.42 Å². The zero-order valence-corrected chi connectivity index (χ0v) is 24.1. The Balaban J connectivity index is 1.59. The van der Waals surface area contributed by atoms with Crippen molar-refractivity contribution in [1.29, 1.82) is 0 Å². The molecule has 0 aliphatic rings. The number of carbonyl (C=O) groups excluding carboxylic acids is 2. The number of benzene rings is 2. The predicted molar refractivity (Wildman–Crippen MR) is 155 cm³/mol. The number of thiophene rings is 1. The molecule has 4 rings (SSSR count). The quantitative estimate of drug-likeness (QED) is 0.303. The summed E-state index contributed by atoms with van der Waals surface area (Å²) >= 11 is 6.75. The Labute approximate surface area is 235 Å². The Bertz CT molecular complexity index is 1710. The molecular weight excluding hydrogens is 558 g/mol. The zero-order valence-electron chi connectivity index (χ0n) is 21.7. The van der Waals surface area contributed by atoms with Crippen molar-refractivity contribution in [2.24, 2.45) is 0 Å². The first kappa shape index (κ1) is 28.7. The van der Waals surface area contributed by atoms with Gasteiger partial charge in [0.2, 0.25) is 0 Å². The number of Topliss-reactive ketones (excluding diaryl/α,β-unsaturated/α-hetero) is 1. The highest BCUT2D eigenvalue weighted by molar-refractivity contribution is 7.94. The number of aryl methyl sites for hydroxylation is 1. The van der Waals surface area contributed by atoms with Gasteiger partial charge in [0.15, 0.2) is 15.6 Å². The molecule has 0 saturated carbocycles. The molecule has 39 heavy (non-hydrogen) atoms. The minimum Gasteiger partial charge on any atom is -0.351 e. The summed E-state index contributed by atoms with van der Waals surface area (Å²) in [5, 5.41) is 3.91. The first-order chi connectivity index (χ1) is 18.4. The van der Waals surface area contributed by atoms with Gasteiger partial charge in [0, 0.05) is 42.2 Å². The summed E-state index contributed by atoms with van der Waals surface area (Å²) in [6, 6.07) is 14.9. The fraction of sp³-hybridized carbons (Fsp3) is 0.250. The van der Waals surface area contributed by atoms with Crippen LogP contribution in [0, 0.1) is 6.92 Å². The number of halogens is 1. The van der Waals surface area contributed by atoms with E-state index in [9.17, 15) is 22.8 Å². The van der Waals surface area contributed by atoms with Crippen molar-refractivity contribution < 1.29 is 18.0 Å². The molecule has 8 nitrogen and oxygen atoms in total. The summed E-state index contributed by atoms with van der Waals surface area (Å²) in [5.74, 6) is -1.36. The van der Waals surface area contributed by atoms with Gasteiger partial charge < -0.3 is 10.2 Å². The standard InChI is InChI=1S/C28H28ClN3O5S2/c1-18-4-9-22-23(14-18)24(27(34)30-12-13-31(2)3)16-32(28(22)35)20-7-5-19(6-8-20)15-21(33)17-39(36,37)26-11-10-25(29)38-26/h4-11,14,16H,12-13,15,17H2,1-3H3,(H,30,34). The minimum absolute atomic E-state index is 0.0589. The van der Waals surface area contributed by atoms with E-state index in [1.54, 1.807) is 30.3 Å². The van der Waals surface area contributed by atoms with Crippen LogP contribution in [0.4, 0.5) is 0 Å². The van der Waals surface area contributed by atoms with Gasteiger partial charge in [-0.2, -0.15) is 0 Å². The van der Waals surface area contributed by atoms with Crippen molar-refractivity contribution in [2.45, 2.75) is 17.6 Å². The molecule has 11 heteroatoms. The number of likely N-dealkylation sites (N-methyl/N-ethyl adjacent to an activating group) is 1. The highest BCUT2D eigenvalue weighted by Gasteiger charge is 2.22. The molecule has 204 valence electrons. The molecule has 0 unspecified atom stereocenters. The van der Waals surface area contributed by atoms with Crippen LogP contribution in [0.2, 0.25) is 4.34 Å². The van der Waals surface area contributed by atoms with Crippen LogP contribution in [-0.2, 0) is 21.1 Å². The van der Waals surface area contributed by atoms with E-state index < -0.39 is 21.4 Å². The van der Waals surface area contributed by atoms with Crippen molar-refractivity contribution in [1.82, 2.24) is 14.8 Å². The van der Waals surface area contributed by atoms with Crippen LogP contribution in [0.1, 0.15) is 21.5 Å². The first-order valence-corrected chi connectivity index (χ1v) is 15.0. The van der Waals surface area contributed by atoms with E-state index in [-0.39, 0.29) is 22.1 Å². The van der Waals surface area contributed by atoms with Gasteiger partial charge in [-0.1, -0.05) is 41.4 Å². The molecule has 1 amide bonds. The van der Waals surface area contributed by atoms with E-state index in [2.05, 4.69) is 5.32 Å².